The second kappa shape index (κ2) is 11.8. The molecule has 0 fully saturated rings. The summed E-state index contributed by atoms with van der Waals surface area (Å²) in [5.41, 5.74) is 1.13. The average Bonchev–Trinajstić information content (AvgIpc) is 2.55. The molecule has 5 nitrogen and oxygen atoms in total. The minimum absolute atomic E-state index is 0.588. The first kappa shape index (κ1) is 19.3. The highest BCUT2D eigenvalue weighted by Gasteiger charge is 1.99. The van der Waals surface area contributed by atoms with Crippen molar-refractivity contribution in [2.45, 2.75) is 33.7 Å². The van der Waals surface area contributed by atoms with Gasteiger partial charge in [-0.25, -0.2) is 4.99 Å². The third kappa shape index (κ3) is 9.08. The lowest BCUT2D eigenvalue weighted by Gasteiger charge is -2.12. The molecule has 0 aliphatic rings. The number of benzene rings is 1. The van der Waals surface area contributed by atoms with E-state index in [0.29, 0.717) is 12.5 Å². The summed E-state index contributed by atoms with van der Waals surface area (Å²) in [5.74, 6) is 2.28. The van der Waals surface area contributed by atoms with E-state index in [1.807, 2.05) is 18.2 Å². The van der Waals surface area contributed by atoms with Crippen molar-refractivity contribution < 1.29 is 9.47 Å². The topological polar surface area (TPSA) is 54.9 Å². The zero-order chi connectivity index (χ0) is 16.9. The van der Waals surface area contributed by atoms with Crippen molar-refractivity contribution in [2.75, 3.05) is 33.4 Å². The molecule has 0 amide bonds. The number of nitrogens with one attached hydrogen (secondary N) is 2. The molecular weight excluding hydrogens is 290 g/mol. The van der Waals surface area contributed by atoms with Crippen LogP contribution >= 0.6 is 0 Å². The first-order valence-corrected chi connectivity index (χ1v) is 8.38. The summed E-state index contributed by atoms with van der Waals surface area (Å²) < 4.78 is 10.8. The molecule has 1 rings (SSSR count). The molecule has 0 aromatic heterocycles. The van der Waals surface area contributed by atoms with E-state index in [-0.39, 0.29) is 0 Å². The lowest BCUT2D eigenvalue weighted by Crippen LogP contribution is -2.38. The third-order valence-corrected chi connectivity index (χ3v) is 3.11. The molecule has 0 unspecified atom stereocenters. The van der Waals surface area contributed by atoms with E-state index < -0.39 is 0 Å². The second-order valence-electron chi connectivity index (χ2n) is 5.80. The minimum atomic E-state index is 0.588. The van der Waals surface area contributed by atoms with Crippen LogP contribution < -0.4 is 15.4 Å². The molecule has 0 atom stereocenters. The predicted molar refractivity (Wildman–Crippen MR) is 96.1 cm³/mol. The maximum Gasteiger partial charge on any atom is 0.191 e. The zero-order valence-electron chi connectivity index (χ0n) is 14.9. The van der Waals surface area contributed by atoms with Gasteiger partial charge in [0.15, 0.2) is 5.96 Å². The Balaban J connectivity index is 2.37. The van der Waals surface area contributed by atoms with Gasteiger partial charge in [-0.15, -0.1) is 0 Å². The van der Waals surface area contributed by atoms with Crippen LogP contribution in [0.15, 0.2) is 29.3 Å². The Hall–Kier alpha value is -1.75. The number of guanidine groups is 1. The maximum atomic E-state index is 5.58. The van der Waals surface area contributed by atoms with E-state index in [1.165, 1.54) is 0 Å². The van der Waals surface area contributed by atoms with Crippen molar-refractivity contribution >= 4 is 5.96 Å². The number of aliphatic imine (C=N–C) groups is 1. The van der Waals surface area contributed by atoms with E-state index in [2.05, 4.69) is 42.5 Å². The molecule has 23 heavy (non-hydrogen) atoms. The summed E-state index contributed by atoms with van der Waals surface area (Å²) in [7, 11) is 1.68. The molecular formula is C18H31N3O2. The Morgan fingerprint density at radius 1 is 1.26 bits per heavy atom. The molecule has 5 heteroatoms. The molecule has 2 N–H and O–H groups in total. The van der Waals surface area contributed by atoms with Gasteiger partial charge in [-0.05, 0) is 37.0 Å². The van der Waals surface area contributed by atoms with Gasteiger partial charge in [-0.2, -0.15) is 0 Å². The third-order valence-electron chi connectivity index (χ3n) is 3.11. The number of hydrogen-bond acceptors (Lipinski definition) is 3. The number of hydrogen-bond donors (Lipinski definition) is 2. The lowest BCUT2D eigenvalue weighted by atomic mass is 10.2. The standard InChI is InChI=1S/C18H31N3O2/c1-5-19-18(20-10-7-11-23-14-15(2)3)21-13-16-8-6-9-17(12-16)22-4/h6,8-9,12,15H,5,7,10-11,13-14H2,1-4H3,(H2,19,20,21). The smallest absolute Gasteiger partial charge is 0.191 e. The van der Waals surface area contributed by atoms with Crippen molar-refractivity contribution in [3.05, 3.63) is 29.8 Å². The number of nitrogens with zero attached hydrogens (tertiary/aromatic N) is 1. The molecule has 0 bridgehead atoms. The zero-order valence-corrected chi connectivity index (χ0v) is 14.9. The summed E-state index contributed by atoms with van der Waals surface area (Å²) in [4.78, 5) is 4.60. The van der Waals surface area contributed by atoms with Gasteiger partial charge < -0.3 is 20.1 Å². The van der Waals surface area contributed by atoms with Crippen LogP contribution in [0.2, 0.25) is 0 Å². The van der Waals surface area contributed by atoms with Gasteiger partial charge in [0.25, 0.3) is 0 Å². The fraction of sp³-hybridized carbons (Fsp3) is 0.611. The fourth-order valence-electron chi connectivity index (χ4n) is 1.98. The molecule has 0 heterocycles. The molecule has 130 valence electrons. The minimum Gasteiger partial charge on any atom is -0.497 e. The Morgan fingerprint density at radius 3 is 2.78 bits per heavy atom. The Labute approximate surface area is 140 Å². The summed E-state index contributed by atoms with van der Waals surface area (Å²) in [5, 5.41) is 6.59. The van der Waals surface area contributed by atoms with Crippen LogP contribution in [-0.2, 0) is 11.3 Å². The number of rotatable bonds is 10. The van der Waals surface area contributed by atoms with Gasteiger partial charge in [0.1, 0.15) is 5.75 Å². The fourth-order valence-corrected chi connectivity index (χ4v) is 1.98. The molecule has 0 saturated heterocycles. The summed E-state index contributed by atoms with van der Waals surface area (Å²) in [6.07, 6.45) is 0.969. The molecule has 1 aromatic carbocycles. The van der Waals surface area contributed by atoms with Gasteiger partial charge in [0.2, 0.25) is 0 Å². The van der Waals surface area contributed by atoms with Gasteiger partial charge >= 0.3 is 0 Å². The normalized spacial score (nSPS) is 11.6. The summed E-state index contributed by atoms with van der Waals surface area (Å²) in [6.45, 7) is 10.3. The quantitative estimate of drug-likeness (QED) is 0.395. The largest absolute Gasteiger partial charge is 0.497 e. The van der Waals surface area contributed by atoms with E-state index in [4.69, 9.17) is 9.47 Å². The maximum absolute atomic E-state index is 5.58. The van der Waals surface area contributed by atoms with E-state index in [1.54, 1.807) is 7.11 Å². The van der Waals surface area contributed by atoms with Gasteiger partial charge in [-0.1, -0.05) is 26.0 Å². The van der Waals surface area contributed by atoms with Crippen LogP contribution in [0.5, 0.6) is 5.75 Å². The first-order valence-electron chi connectivity index (χ1n) is 8.38. The average molecular weight is 321 g/mol. The van der Waals surface area contributed by atoms with E-state index in [9.17, 15) is 0 Å². The van der Waals surface area contributed by atoms with Crippen LogP contribution in [0.25, 0.3) is 0 Å². The van der Waals surface area contributed by atoms with Crippen molar-refractivity contribution in [1.29, 1.82) is 0 Å². The van der Waals surface area contributed by atoms with Crippen molar-refractivity contribution in [3.63, 3.8) is 0 Å². The highest BCUT2D eigenvalue weighted by atomic mass is 16.5. The van der Waals surface area contributed by atoms with Crippen LogP contribution in [0.3, 0.4) is 0 Å². The van der Waals surface area contributed by atoms with Gasteiger partial charge in [-0.3, -0.25) is 0 Å². The summed E-state index contributed by atoms with van der Waals surface area (Å²) in [6, 6.07) is 7.98. The monoisotopic (exact) mass is 321 g/mol. The SMILES string of the molecule is CCNC(=NCc1cccc(OC)c1)NCCCOCC(C)C. The molecule has 1 aromatic rings. The number of ether oxygens (including phenoxy) is 2. The van der Waals surface area contributed by atoms with Crippen molar-refractivity contribution in [1.82, 2.24) is 10.6 Å². The molecule has 0 radical (unpaired) electrons. The molecule has 0 aliphatic heterocycles. The summed E-state index contributed by atoms with van der Waals surface area (Å²) >= 11 is 0. The molecule has 0 spiro atoms. The van der Waals surface area contributed by atoms with Gasteiger partial charge in [0, 0.05) is 26.3 Å². The molecule has 0 saturated carbocycles. The van der Waals surface area contributed by atoms with Crippen molar-refractivity contribution in [2.24, 2.45) is 10.9 Å². The first-order chi connectivity index (χ1) is 11.2. The van der Waals surface area contributed by atoms with Crippen LogP contribution in [-0.4, -0.2) is 39.4 Å². The van der Waals surface area contributed by atoms with Crippen LogP contribution in [0, 0.1) is 5.92 Å². The highest BCUT2D eigenvalue weighted by Crippen LogP contribution is 2.13. The van der Waals surface area contributed by atoms with Crippen molar-refractivity contribution in [3.8, 4) is 5.75 Å². The highest BCUT2D eigenvalue weighted by molar-refractivity contribution is 5.79. The Morgan fingerprint density at radius 2 is 2.09 bits per heavy atom. The Bertz CT molecular complexity index is 461. The molecule has 0 aliphatic carbocycles. The van der Waals surface area contributed by atoms with E-state index in [0.717, 1.165) is 50.0 Å². The van der Waals surface area contributed by atoms with Crippen LogP contribution in [0.1, 0.15) is 32.8 Å². The van der Waals surface area contributed by atoms with Crippen LogP contribution in [0.4, 0.5) is 0 Å². The van der Waals surface area contributed by atoms with E-state index >= 15 is 0 Å². The number of methoxy groups -OCH3 is 1. The predicted octanol–water partition coefficient (Wildman–Crippen LogP) is 2.81. The second-order valence-corrected chi connectivity index (χ2v) is 5.80. The van der Waals surface area contributed by atoms with Gasteiger partial charge in [0.05, 0.1) is 13.7 Å². The lowest BCUT2D eigenvalue weighted by molar-refractivity contribution is 0.108. The Kier molecular flexibility index (Phi) is 9.87.